The molecule has 0 radical (unpaired) electrons. The summed E-state index contributed by atoms with van der Waals surface area (Å²) in [5, 5.41) is 10.1. The van der Waals surface area contributed by atoms with Crippen molar-refractivity contribution in [2.24, 2.45) is 0 Å². The Hall–Kier alpha value is -0.450. The maximum Gasteiger partial charge on any atom is 0.177 e. The third-order valence-corrected chi connectivity index (χ3v) is 7.71. The molecule has 1 N–H and O–H groups in total. The van der Waals surface area contributed by atoms with Crippen LogP contribution >= 0.6 is 19.7 Å². The van der Waals surface area contributed by atoms with Crippen LogP contribution in [0.1, 0.15) is 18.4 Å². The second-order valence-corrected chi connectivity index (χ2v) is 9.17. The monoisotopic (exact) mass is 356 g/mol. The van der Waals surface area contributed by atoms with E-state index in [9.17, 15) is 9.90 Å². The van der Waals surface area contributed by atoms with E-state index in [1.807, 2.05) is 18.2 Å². The highest BCUT2D eigenvalue weighted by atomic mass is 32.2. The van der Waals surface area contributed by atoms with E-state index in [1.165, 1.54) is 17.3 Å². The first-order valence-corrected chi connectivity index (χ1v) is 10.9. The topological polar surface area (TPSA) is 55.8 Å². The molecule has 1 saturated heterocycles. The molecule has 1 aliphatic heterocycles. The second-order valence-electron chi connectivity index (χ2n) is 5.86. The maximum atomic E-state index is 10.9. The van der Waals surface area contributed by atoms with Gasteiger partial charge in [-0.2, -0.15) is 0 Å². The van der Waals surface area contributed by atoms with Crippen molar-refractivity contribution in [3.8, 4) is 0 Å². The highest BCUT2D eigenvalue weighted by molar-refractivity contribution is 8.12. The standard InChI is InChI=1S/C17H25O4PS/c1-20-17(10-15(19)8-9-21-17)16(12-23-13-18)22(2)11-14-6-4-3-5-7-14/h3-7,13,15-16,19H,8-12H2,1-2H3. The highest BCUT2D eigenvalue weighted by Gasteiger charge is 2.46. The molecule has 0 amide bonds. The van der Waals surface area contributed by atoms with E-state index < -0.39 is 19.8 Å². The van der Waals surface area contributed by atoms with Crippen LogP contribution in [0.15, 0.2) is 30.3 Å². The summed E-state index contributed by atoms with van der Waals surface area (Å²) in [6, 6.07) is 10.3. The van der Waals surface area contributed by atoms with Gasteiger partial charge in [-0.1, -0.05) is 50.0 Å². The molecule has 1 aromatic rings. The number of methoxy groups -OCH3 is 1. The quantitative estimate of drug-likeness (QED) is 0.573. The van der Waals surface area contributed by atoms with Gasteiger partial charge < -0.3 is 14.6 Å². The summed E-state index contributed by atoms with van der Waals surface area (Å²) in [7, 11) is 1.17. The smallest absolute Gasteiger partial charge is 0.177 e. The third-order valence-electron chi connectivity index (χ3n) is 4.30. The molecule has 6 heteroatoms. The van der Waals surface area contributed by atoms with Crippen LogP contribution in [-0.4, -0.2) is 54.4 Å². The molecule has 4 nitrogen and oxygen atoms in total. The number of thioether (sulfide) groups is 1. The summed E-state index contributed by atoms with van der Waals surface area (Å²) in [6.45, 7) is 2.72. The van der Waals surface area contributed by atoms with Crippen molar-refractivity contribution in [1.82, 2.24) is 0 Å². The minimum atomic E-state index is -0.789. The van der Waals surface area contributed by atoms with Gasteiger partial charge in [0.15, 0.2) is 11.4 Å². The van der Waals surface area contributed by atoms with Crippen molar-refractivity contribution >= 4 is 25.3 Å². The van der Waals surface area contributed by atoms with Crippen molar-refractivity contribution < 1.29 is 19.4 Å². The van der Waals surface area contributed by atoms with Crippen LogP contribution < -0.4 is 0 Å². The molecule has 23 heavy (non-hydrogen) atoms. The van der Waals surface area contributed by atoms with Crippen LogP contribution in [0, 0.1) is 0 Å². The van der Waals surface area contributed by atoms with Crippen molar-refractivity contribution in [3.63, 3.8) is 0 Å². The van der Waals surface area contributed by atoms with Gasteiger partial charge in [-0.25, -0.2) is 0 Å². The zero-order valence-corrected chi connectivity index (χ0v) is 15.4. The second kappa shape index (κ2) is 9.14. The summed E-state index contributed by atoms with van der Waals surface area (Å²) >= 11 is 1.26. The van der Waals surface area contributed by atoms with Gasteiger partial charge in [-0.05, 0) is 24.8 Å². The van der Waals surface area contributed by atoms with Gasteiger partial charge in [0, 0.05) is 24.9 Å². The fourth-order valence-electron chi connectivity index (χ4n) is 3.07. The Labute approximate surface area is 143 Å². The lowest BCUT2D eigenvalue weighted by molar-refractivity contribution is -0.257. The fourth-order valence-corrected chi connectivity index (χ4v) is 6.82. The number of hydrogen-bond donors (Lipinski definition) is 1. The zero-order chi connectivity index (χ0) is 16.7. The number of rotatable bonds is 8. The fraction of sp³-hybridized carbons (Fsp3) is 0.588. The lowest BCUT2D eigenvalue weighted by Crippen LogP contribution is -2.52. The van der Waals surface area contributed by atoms with Crippen LogP contribution in [0.5, 0.6) is 0 Å². The predicted molar refractivity (Wildman–Crippen MR) is 96.9 cm³/mol. The molecule has 1 heterocycles. The van der Waals surface area contributed by atoms with Gasteiger partial charge in [0.1, 0.15) is 0 Å². The molecule has 128 valence electrons. The number of ether oxygens (including phenoxy) is 2. The van der Waals surface area contributed by atoms with Crippen LogP contribution in [0.3, 0.4) is 0 Å². The van der Waals surface area contributed by atoms with E-state index in [0.29, 0.717) is 25.2 Å². The number of benzene rings is 1. The Morgan fingerprint density at radius 2 is 2.26 bits per heavy atom. The van der Waals surface area contributed by atoms with E-state index in [2.05, 4.69) is 18.8 Å². The summed E-state index contributed by atoms with van der Waals surface area (Å²) < 4.78 is 11.8. The van der Waals surface area contributed by atoms with Crippen molar-refractivity contribution in [2.75, 3.05) is 26.1 Å². The lowest BCUT2D eigenvalue weighted by atomic mass is 10.00. The van der Waals surface area contributed by atoms with Crippen LogP contribution in [-0.2, 0) is 20.4 Å². The molecule has 1 aromatic carbocycles. The highest BCUT2D eigenvalue weighted by Crippen LogP contribution is 2.50. The van der Waals surface area contributed by atoms with Gasteiger partial charge in [-0.15, -0.1) is 0 Å². The van der Waals surface area contributed by atoms with Crippen LogP contribution in [0.25, 0.3) is 0 Å². The van der Waals surface area contributed by atoms with Crippen molar-refractivity contribution in [3.05, 3.63) is 35.9 Å². The molecule has 4 atom stereocenters. The molecule has 0 aliphatic carbocycles. The number of aliphatic hydroxyl groups excluding tert-OH is 1. The normalized spacial score (nSPS) is 27.3. The summed E-state index contributed by atoms with van der Waals surface area (Å²) in [6.07, 6.45) is 1.64. The predicted octanol–water partition coefficient (Wildman–Crippen LogP) is 3.10. The Balaban J connectivity index is 2.18. The molecule has 0 aromatic heterocycles. The third kappa shape index (κ3) is 5.01. The van der Waals surface area contributed by atoms with Gasteiger partial charge >= 0.3 is 0 Å². The Morgan fingerprint density at radius 1 is 1.52 bits per heavy atom. The minimum Gasteiger partial charge on any atom is -0.393 e. The first kappa shape index (κ1) is 18.9. The first-order chi connectivity index (χ1) is 11.1. The molecular weight excluding hydrogens is 331 g/mol. The van der Waals surface area contributed by atoms with Gasteiger partial charge in [0.25, 0.3) is 0 Å². The Bertz CT molecular complexity index is 487. The maximum absolute atomic E-state index is 10.9. The molecule has 4 unspecified atom stereocenters. The zero-order valence-electron chi connectivity index (χ0n) is 13.7. The molecule has 0 spiro atoms. The molecular formula is C17H25O4PS. The summed E-state index contributed by atoms with van der Waals surface area (Å²) in [5.41, 5.74) is 2.25. The van der Waals surface area contributed by atoms with E-state index in [1.54, 1.807) is 7.11 Å². The van der Waals surface area contributed by atoms with Crippen LogP contribution in [0.4, 0.5) is 0 Å². The van der Waals surface area contributed by atoms with Gasteiger partial charge in [0.05, 0.1) is 12.7 Å². The van der Waals surface area contributed by atoms with Crippen LogP contribution in [0.2, 0.25) is 0 Å². The number of carbonyl (C=O) groups excluding carboxylic acids is 1. The first-order valence-electron chi connectivity index (χ1n) is 7.78. The number of aliphatic hydroxyl groups is 1. The van der Waals surface area contributed by atoms with E-state index in [-0.39, 0.29) is 5.66 Å². The van der Waals surface area contributed by atoms with Crippen molar-refractivity contribution in [1.29, 1.82) is 0 Å². The average Bonchev–Trinajstić information content (AvgIpc) is 2.56. The van der Waals surface area contributed by atoms with E-state index >= 15 is 0 Å². The molecule has 0 saturated carbocycles. The molecule has 0 bridgehead atoms. The molecule has 1 aliphatic rings. The lowest BCUT2D eigenvalue weighted by Gasteiger charge is -2.45. The Kier molecular flexibility index (Phi) is 7.51. The van der Waals surface area contributed by atoms with Gasteiger partial charge in [0.2, 0.25) is 0 Å². The number of carbonyl (C=O) groups is 1. The molecule has 2 rings (SSSR count). The average molecular weight is 356 g/mol. The van der Waals surface area contributed by atoms with Crippen molar-refractivity contribution in [2.45, 2.75) is 36.6 Å². The molecule has 1 fully saturated rings. The van der Waals surface area contributed by atoms with E-state index in [0.717, 1.165) is 11.8 Å². The van der Waals surface area contributed by atoms with Gasteiger partial charge in [-0.3, -0.25) is 4.79 Å². The summed E-state index contributed by atoms with van der Waals surface area (Å²) in [5.74, 6) is -0.137. The largest absolute Gasteiger partial charge is 0.393 e. The minimum absolute atomic E-state index is 0.0906. The Morgan fingerprint density at radius 3 is 2.87 bits per heavy atom. The SMILES string of the molecule is COC1(C(CSC=O)P(C)Cc2ccccc2)CC(O)CCO1. The number of hydrogen-bond acceptors (Lipinski definition) is 5. The van der Waals surface area contributed by atoms with E-state index in [4.69, 9.17) is 9.47 Å². The summed E-state index contributed by atoms with van der Waals surface area (Å²) in [4.78, 5) is 10.9.